The van der Waals surface area contributed by atoms with Gasteiger partial charge in [-0.15, -0.1) is 0 Å². The molecule has 0 bridgehead atoms. The van der Waals surface area contributed by atoms with E-state index in [-0.39, 0.29) is 0 Å². The van der Waals surface area contributed by atoms with Crippen LogP contribution in [0.4, 0.5) is 17.1 Å². The van der Waals surface area contributed by atoms with Gasteiger partial charge in [0.1, 0.15) is 0 Å². The van der Waals surface area contributed by atoms with Gasteiger partial charge in [0.25, 0.3) is 0 Å². The highest BCUT2D eigenvalue weighted by Gasteiger charge is 2.18. The van der Waals surface area contributed by atoms with Crippen molar-refractivity contribution in [1.82, 2.24) is 4.98 Å². The molecule has 47 heavy (non-hydrogen) atoms. The van der Waals surface area contributed by atoms with Gasteiger partial charge >= 0.3 is 0 Å². The molecule has 236 valence electrons. The Morgan fingerprint density at radius 1 is 0.979 bits per heavy atom. The molecule has 3 aromatic rings. The van der Waals surface area contributed by atoms with Crippen LogP contribution in [0.2, 0.25) is 0 Å². The van der Waals surface area contributed by atoms with Crippen LogP contribution in [-0.4, -0.2) is 18.2 Å². The maximum absolute atomic E-state index is 7.10. The average molecular weight is 618 g/mol. The number of aliphatic imine (C=N–C) groups is 1. The number of allylic oxidation sites excluding steroid dienone is 10. The van der Waals surface area contributed by atoms with Crippen LogP contribution in [-0.2, 0) is 12.8 Å². The van der Waals surface area contributed by atoms with E-state index < -0.39 is 0 Å². The molecular formula is C42H43N5. The molecule has 1 aliphatic heterocycles. The molecule has 0 amide bonds. The van der Waals surface area contributed by atoms with Crippen molar-refractivity contribution in [3.8, 4) is 0 Å². The minimum absolute atomic E-state index is 0.715. The van der Waals surface area contributed by atoms with Gasteiger partial charge in [0, 0.05) is 47.2 Å². The Hall–Kier alpha value is -5.55. The lowest BCUT2D eigenvalue weighted by molar-refractivity contribution is 1.09. The van der Waals surface area contributed by atoms with Crippen molar-refractivity contribution in [2.45, 2.75) is 40.0 Å². The maximum atomic E-state index is 7.10. The van der Waals surface area contributed by atoms with E-state index in [0.717, 1.165) is 86.7 Å². The first-order valence-corrected chi connectivity index (χ1v) is 16.3. The number of fused-ring (bicyclic) bond motifs is 3. The number of nitrogens with one attached hydrogen (secondary N) is 2. The third kappa shape index (κ3) is 6.56. The molecule has 0 fully saturated rings. The molecular weight excluding hydrogens is 574 g/mol. The number of aromatic nitrogens is 1. The van der Waals surface area contributed by atoms with E-state index in [9.17, 15) is 0 Å². The molecule has 5 nitrogen and oxygen atoms in total. The molecule has 0 spiro atoms. The number of nitrogen functional groups attached to an aromatic ring is 2. The third-order valence-corrected chi connectivity index (χ3v) is 9.05. The van der Waals surface area contributed by atoms with Gasteiger partial charge in [-0.2, -0.15) is 0 Å². The molecule has 2 heterocycles. The van der Waals surface area contributed by atoms with E-state index in [1.165, 1.54) is 22.4 Å². The number of benzene rings is 2. The Labute approximate surface area is 278 Å². The van der Waals surface area contributed by atoms with Crippen molar-refractivity contribution >= 4 is 59.7 Å². The highest BCUT2D eigenvalue weighted by Crippen LogP contribution is 2.38. The quantitative estimate of drug-likeness (QED) is 0.150. The van der Waals surface area contributed by atoms with Crippen molar-refractivity contribution in [1.29, 1.82) is 0 Å². The van der Waals surface area contributed by atoms with Gasteiger partial charge in [0.15, 0.2) is 0 Å². The second-order valence-corrected chi connectivity index (χ2v) is 12.2. The molecule has 6 N–H and O–H groups in total. The lowest BCUT2D eigenvalue weighted by atomic mass is 9.86. The fraction of sp³-hybridized carbons (Fsp3) is 0.167. The molecule has 0 radical (unpaired) electrons. The summed E-state index contributed by atoms with van der Waals surface area (Å²) < 4.78 is 0. The van der Waals surface area contributed by atoms with E-state index in [1.54, 1.807) is 0 Å². The van der Waals surface area contributed by atoms with Gasteiger partial charge in [-0.1, -0.05) is 85.9 Å². The highest BCUT2D eigenvalue weighted by atomic mass is 14.9. The second-order valence-electron chi connectivity index (χ2n) is 12.2. The third-order valence-electron chi connectivity index (χ3n) is 9.05. The molecule has 0 unspecified atom stereocenters. The van der Waals surface area contributed by atoms with Crippen molar-refractivity contribution in [2.75, 3.05) is 23.3 Å². The van der Waals surface area contributed by atoms with Crippen molar-refractivity contribution < 1.29 is 0 Å². The lowest BCUT2D eigenvalue weighted by Gasteiger charge is -2.20. The zero-order valence-electron chi connectivity index (χ0n) is 27.5. The van der Waals surface area contributed by atoms with E-state index >= 15 is 0 Å². The summed E-state index contributed by atoms with van der Waals surface area (Å²) in [6, 6.07) is 8.59. The molecule has 5 heteroatoms. The van der Waals surface area contributed by atoms with E-state index in [2.05, 4.69) is 146 Å². The number of nitrogens with zero attached hydrogens (tertiary/aromatic N) is 1. The summed E-state index contributed by atoms with van der Waals surface area (Å²) in [5.41, 5.74) is 30.4. The number of hydrogen-bond acceptors (Lipinski definition) is 4. The fourth-order valence-corrected chi connectivity index (χ4v) is 6.35. The average Bonchev–Trinajstić information content (AvgIpc) is 3.56. The molecule has 0 atom stereocenters. The standard InChI is InChI=1S/C42H43N5/c1-5-6-12-34-33(10-7-9-31-18-19-32-11-8-22-47-42(32)40(31)43)25-35-27(2)13-14-28(3)36(26-37(35)41(34)44)38(45-4)20-16-29-15-17-30-21-23-46-39(30)24-29/h6-9,11-21,23,25-26,46-47H,4-5,10,22,24,43-44H2,1-3H3/b9-7-,12-6-,14-13?,27-13-,28-14+,29-16-,35-27?,36-26+,36-28?,37-26?,38-20-. The van der Waals surface area contributed by atoms with Crippen molar-refractivity contribution in [2.24, 2.45) is 4.99 Å². The molecule has 3 aliphatic rings. The highest BCUT2D eigenvalue weighted by molar-refractivity contribution is 5.90. The van der Waals surface area contributed by atoms with E-state index in [1.807, 2.05) is 6.20 Å². The smallest absolute Gasteiger partial charge is 0.0697 e. The summed E-state index contributed by atoms with van der Waals surface area (Å²) in [6.45, 7) is 11.1. The minimum Gasteiger partial charge on any atom is -0.398 e. The number of anilines is 3. The fourth-order valence-electron chi connectivity index (χ4n) is 6.35. The van der Waals surface area contributed by atoms with Gasteiger partial charge in [-0.25, -0.2) is 0 Å². The molecule has 1 aromatic heterocycles. The summed E-state index contributed by atoms with van der Waals surface area (Å²) in [5.74, 6) is 0. The van der Waals surface area contributed by atoms with Crippen molar-refractivity contribution in [3.63, 3.8) is 0 Å². The molecule has 2 aliphatic carbocycles. The predicted octanol–water partition coefficient (Wildman–Crippen LogP) is 9.82. The predicted molar refractivity (Wildman–Crippen MR) is 206 cm³/mol. The largest absolute Gasteiger partial charge is 0.398 e. The number of rotatable bonds is 8. The zero-order chi connectivity index (χ0) is 32.9. The first-order chi connectivity index (χ1) is 22.9. The topological polar surface area (TPSA) is 92.2 Å². The first-order valence-electron chi connectivity index (χ1n) is 16.3. The summed E-state index contributed by atoms with van der Waals surface area (Å²) in [6.07, 6.45) is 32.3. The summed E-state index contributed by atoms with van der Waals surface area (Å²) in [4.78, 5) is 7.84. The lowest BCUT2D eigenvalue weighted by Crippen LogP contribution is -2.08. The van der Waals surface area contributed by atoms with E-state index in [4.69, 9.17) is 11.5 Å². The van der Waals surface area contributed by atoms with Crippen LogP contribution >= 0.6 is 0 Å². The molecule has 6 rings (SSSR count). The number of hydrogen-bond donors (Lipinski definition) is 4. The maximum Gasteiger partial charge on any atom is 0.0697 e. The Morgan fingerprint density at radius 2 is 1.83 bits per heavy atom. The second kappa shape index (κ2) is 13.8. The summed E-state index contributed by atoms with van der Waals surface area (Å²) in [7, 11) is 0. The molecule has 2 aromatic carbocycles. The van der Waals surface area contributed by atoms with Gasteiger partial charge in [0.2, 0.25) is 0 Å². The van der Waals surface area contributed by atoms with Crippen LogP contribution in [0.5, 0.6) is 0 Å². The Bertz CT molecular complexity index is 2010. The summed E-state index contributed by atoms with van der Waals surface area (Å²) in [5, 5.41) is 3.41. The molecule has 0 saturated heterocycles. The van der Waals surface area contributed by atoms with Crippen LogP contribution in [0.15, 0.2) is 106 Å². The Balaban J connectivity index is 1.39. The summed E-state index contributed by atoms with van der Waals surface area (Å²) >= 11 is 0. The first kappa shape index (κ1) is 31.4. The monoisotopic (exact) mass is 617 g/mol. The van der Waals surface area contributed by atoms with Gasteiger partial charge in [-0.3, -0.25) is 4.99 Å². The van der Waals surface area contributed by atoms with Gasteiger partial charge < -0.3 is 21.8 Å². The number of aromatic amines is 1. The normalized spacial score (nSPS) is 19.9. The van der Waals surface area contributed by atoms with Crippen molar-refractivity contribution in [3.05, 3.63) is 146 Å². The van der Waals surface area contributed by atoms with Gasteiger partial charge in [-0.05, 0) is 102 Å². The van der Waals surface area contributed by atoms with Crippen LogP contribution < -0.4 is 16.8 Å². The van der Waals surface area contributed by atoms with Gasteiger partial charge in [0.05, 0.1) is 17.1 Å². The van der Waals surface area contributed by atoms with Crippen LogP contribution in [0.25, 0.3) is 36.0 Å². The Morgan fingerprint density at radius 3 is 2.66 bits per heavy atom. The van der Waals surface area contributed by atoms with E-state index in [0.29, 0.717) is 6.42 Å². The van der Waals surface area contributed by atoms with Crippen LogP contribution in [0.3, 0.4) is 0 Å². The zero-order valence-corrected chi connectivity index (χ0v) is 27.5. The Kier molecular flexibility index (Phi) is 9.25. The number of nitrogens with two attached hydrogens (primary N) is 2. The molecule has 0 saturated carbocycles. The SMILES string of the molecule is C=NC(=C\C=C1\C=Cc2cc[nH]c2C1)/C1=C/c2c(cc(C/C=C\c3ccc4c(c3N)NCC=C4)c(/C=C\CC)c2N)/C(C)=C\C=C\1C. The van der Waals surface area contributed by atoms with Crippen LogP contribution in [0.1, 0.15) is 71.8 Å². The number of H-pyrrole nitrogens is 1. The minimum atomic E-state index is 0.715. The van der Waals surface area contributed by atoms with Crippen LogP contribution in [0, 0.1) is 0 Å².